The molecule has 1 fully saturated rings. The number of carbonyl (C=O) groups excluding carboxylic acids is 2. The Morgan fingerprint density at radius 3 is 2.77 bits per heavy atom. The number of amides is 2. The Balaban J connectivity index is 1.17. The quantitative estimate of drug-likeness (QED) is 0.423. The van der Waals surface area contributed by atoms with E-state index in [0.29, 0.717) is 18.5 Å². The van der Waals surface area contributed by atoms with Gasteiger partial charge in [-0.1, -0.05) is 36.4 Å². The van der Waals surface area contributed by atoms with Crippen LogP contribution < -0.4 is 10.6 Å². The second-order valence-corrected chi connectivity index (χ2v) is 9.62. The van der Waals surface area contributed by atoms with Crippen LogP contribution in [0.15, 0.2) is 54.6 Å². The van der Waals surface area contributed by atoms with E-state index in [0.717, 1.165) is 41.8 Å². The van der Waals surface area contributed by atoms with Crippen molar-refractivity contribution < 1.29 is 14.5 Å². The zero-order valence-electron chi connectivity index (χ0n) is 19.0. The fraction of sp³-hybridized carbons (Fsp3) is 0.346. The molecule has 9 heteroatoms. The molecule has 3 aromatic rings. The lowest BCUT2D eigenvalue weighted by molar-refractivity contribution is -0.384. The third-order valence-electron chi connectivity index (χ3n) is 7.38. The predicted octanol–water partition coefficient (Wildman–Crippen LogP) is 3.05. The lowest BCUT2D eigenvalue weighted by atomic mass is 10.1. The predicted molar refractivity (Wildman–Crippen MR) is 127 cm³/mol. The van der Waals surface area contributed by atoms with Crippen LogP contribution in [0, 0.1) is 16.0 Å². The number of rotatable bonds is 6. The first-order valence-corrected chi connectivity index (χ1v) is 12.0. The minimum atomic E-state index is -0.418. The van der Waals surface area contributed by atoms with Crippen LogP contribution in [0.25, 0.3) is 0 Å². The van der Waals surface area contributed by atoms with Gasteiger partial charge in [0.2, 0.25) is 5.91 Å². The molecule has 1 aliphatic heterocycles. The third-order valence-corrected chi connectivity index (χ3v) is 7.38. The summed E-state index contributed by atoms with van der Waals surface area (Å²) < 4.78 is 1.89. The molecular formula is C26H25N5O4. The molecule has 9 nitrogen and oxygen atoms in total. The van der Waals surface area contributed by atoms with Gasteiger partial charge < -0.3 is 10.6 Å². The van der Waals surface area contributed by atoms with Crippen LogP contribution in [0.4, 0.5) is 5.69 Å². The number of nitrogens with one attached hydrogen (secondary N) is 2. The number of carbonyl (C=O) groups is 2. The monoisotopic (exact) mass is 471 g/mol. The van der Waals surface area contributed by atoms with Gasteiger partial charge in [0.25, 0.3) is 11.6 Å². The lowest BCUT2D eigenvalue weighted by Crippen LogP contribution is -2.45. The topological polar surface area (TPSA) is 119 Å². The molecule has 2 aliphatic carbocycles. The summed E-state index contributed by atoms with van der Waals surface area (Å²) in [5, 5.41) is 21.8. The second kappa shape index (κ2) is 8.33. The summed E-state index contributed by atoms with van der Waals surface area (Å²) in [5.41, 5.74) is 4.43. The molecule has 2 heterocycles. The van der Waals surface area contributed by atoms with Gasteiger partial charge in [-0.15, -0.1) is 0 Å². The third kappa shape index (κ3) is 3.96. The van der Waals surface area contributed by atoms with Gasteiger partial charge in [0.05, 0.1) is 17.0 Å². The van der Waals surface area contributed by atoms with Gasteiger partial charge in [0.1, 0.15) is 5.69 Å². The molecule has 6 rings (SSSR count). The van der Waals surface area contributed by atoms with E-state index in [1.54, 1.807) is 12.1 Å². The van der Waals surface area contributed by atoms with Crippen LogP contribution >= 0.6 is 0 Å². The van der Waals surface area contributed by atoms with E-state index >= 15 is 0 Å². The number of aromatic nitrogens is 2. The average Bonchev–Trinajstić information content (AvgIpc) is 3.18. The highest BCUT2D eigenvalue weighted by Gasteiger charge is 2.46. The highest BCUT2D eigenvalue weighted by Crippen LogP contribution is 2.48. The van der Waals surface area contributed by atoms with Crippen LogP contribution in [0.2, 0.25) is 0 Å². The van der Waals surface area contributed by atoms with E-state index in [1.165, 1.54) is 6.07 Å². The van der Waals surface area contributed by atoms with Gasteiger partial charge in [-0.2, -0.15) is 5.10 Å². The fourth-order valence-electron chi connectivity index (χ4n) is 5.51. The molecule has 2 N–H and O–H groups in total. The molecule has 1 saturated carbocycles. The molecular weight excluding hydrogens is 446 g/mol. The Kier molecular flexibility index (Phi) is 5.12. The van der Waals surface area contributed by atoms with Crippen LogP contribution in [0.1, 0.15) is 57.7 Å². The van der Waals surface area contributed by atoms with E-state index in [1.807, 2.05) is 41.1 Å². The first-order chi connectivity index (χ1) is 17.0. The van der Waals surface area contributed by atoms with E-state index in [9.17, 15) is 19.7 Å². The number of hydrogen-bond acceptors (Lipinski definition) is 5. The van der Waals surface area contributed by atoms with Gasteiger partial charge >= 0.3 is 0 Å². The van der Waals surface area contributed by atoms with Crippen molar-refractivity contribution in [3.63, 3.8) is 0 Å². The second-order valence-electron chi connectivity index (χ2n) is 9.62. The minimum absolute atomic E-state index is 0.0281. The summed E-state index contributed by atoms with van der Waals surface area (Å²) in [6, 6.07) is 15.6. The Labute approximate surface area is 201 Å². The smallest absolute Gasteiger partial charge is 0.272 e. The molecule has 0 radical (unpaired) electrons. The molecule has 2 amide bonds. The molecule has 4 atom stereocenters. The Hall–Kier alpha value is -4.01. The maximum Gasteiger partial charge on any atom is 0.272 e. The number of benzene rings is 2. The van der Waals surface area contributed by atoms with E-state index < -0.39 is 4.92 Å². The molecule has 0 bridgehead atoms. The molecule has 0 saturated heterocycles. The zero-order chi connectivity index (χ0) is 24.1. The number of nitrogens with zero attached hydrogens (tertiary/aromatic N) is 3. The Morgan fingerprint density at radius 1 is 1.09 bits per heavy atom. The number of non-ortho nitro benzene ring substituents is 1. The van der Waals surface area contributed by atoms with Crippen molar-refractivity contribution in [3.05, 3.63) is 92.8 Å². The Morgan fingerprint density at radius 2 is 1.94 bits per heavy atom. The molecule has 178 valence electrons. The van der Waals surface area contributed by atoms with Crippen molar-refractivity contribution in [2.75, 3.05) is 0 Å². The van der Waals surface area contributed by atoms with Crippen LogP contribution in [-0.4, -0.2) is 32.6 Å². The summed E-state index contributed by atoms with van der Waals surface area (Å²) in [5.74, 6) is -0.582. The maximum atomic E-state index is 13.1. The standard InChI is InChI=1S/C26H25N5O4/c32-25(21-14-20(21)15-6-3-7-18(11-15)31(34)35)27-22-12-16-5-1-2-9-19(16)24(22)28-26(33)23-13-17-8-4-10-30(17)29-23/h1-3,5-7,9,11,13,20-22,24H,4,8,10,12,14H2,(H,27,32)(H,28,33)/t20?,21?,22-,24-/m1/s1. The highest BCUT2D eigenvalue weighted by molar-refractivity contribution is 5.93. The molecule has 35 heavy (non-hydrogen) atoms. The first kappa shape index (κ1) is 21.5. The molecule has 2 unspecified atom stereocenters. The van der Waals surface area contributed by atoms with Crippen molar-refractivity contribution in [1.29, 1.82) is 0 Å². The zero-order valence-corrected chi connectivity index (χ0v) is 19.0. The summed E-state index contributed by atoms with van der Waals surface area (Å²) in [7, 11) is 0. The van der Waals surface area contributed by atoms with Crippen molar-refractivity contribution in [2.45, 2.75) is 50.2 Å². The fourth-order valence-corrected chi connectivity index (χ4v) is 5.51. The summed E-state index contributed by atoms with van der Waals surface area (Å²) in [4.78, 5) is 36.9. The van der Waals surface area contributed by atoms with Crippen molar-refractivity contribution >= 4 is 17.5 Å². The van der Waals surface area contributed by atoms with Gasteiger partial charge in [-0.05, 0) is 54.4 Å². The van der Waals surface area contributed by atoms with Crippen molar-refractivity contribution in [3.8, 4) is 0 Å². The minimum Gasteiger partial charge on any atom is -0.350 e. The van der Waals surface area contributed by atoms with E-state index in [4.69, 9.17) is 0 Å². The van der Waals surface area contributed by atoms with E-state index in [-0.39, 0.29) is 41.4 Å². The van der Waals surface area contributed by atoms with Crippen LogP contribution in [0.5, 0.6) is 0 Å². The lowest BCUT2D eigenvalue weighted by Gasteiger charge is -2.23. The number of aryl methyl sites for hydroxylation is 2. The van der Waals surface area contributed by atoms with Gasteiger partial charge in [0.15, 0.2) is 0 Å². The Bertz CT molecular complexity index is 1330. The highest BCUT2D eigenvalue weighted by atomic mass is 16.6. The van der Waals surface area contributed by atoms with Crippen molar-refractivity contribution in [2.24, 2.45) is 5.92 Å². The van der Waals surface area contributed by atoms with Gasteiger partial charge in [0, 0.05) is 30.3 Å². The molecule has 1 aromatic heterocycles. The first-order valence-electron chi connectivity index (χ1n) is 12.0. The molecule has 2 aromatic carbocycles. The van der Waals surface area contributed by atoms with Crippen LogP contribution in [0.3, 0.4) is 0 Å². The average molecular weight is 472 g/mol. The van der Waals surface area contributed by atoms with Crippen molar-refractivity contribution in [1.82, 2.24) is 20.4 Å². The summed E-state index contributed by atoms with van der Waals surface area (Å²) in [6.45, 7) is 0.834. The number of nitro groups is 1. The van der Waals surface area contributed by atoms with Crippen LogP contribution in [-0.2, 0) is 24.2 Å². The number of nitro benzene ring substituents is 1. The van der Waals surface area contributed by atoms with E-state index in [2.05, 4.69) is 15.7 Å². The summed E-state index contributed by atoms with van der Waals surface area (Å²) >= 11 is 0. The number of hydrogen-bond donors (Lipinski definition) is 2. The maximum absolute atomic E-state index is 13.1. The van der Waals surface area contributed by atoms with Gasteiger partial charge in [-0.25, -0.2) is 0 Å². The molecule has 3 aliphatic rings. The van der Waals surface area contributed by atoms with Gasteiger partial charge in [-0.3, -0.25) is 24.4 Å². The SMILES string of the molecule is O=C(N[C@@H]1c2ccccc2C[C@H]1NC(=O)C1CC1c1cccc([N+](=O)[O-])c1)c1cc2n(n1)CCC2. The number of fused-ring (bicyclic) bond motifs is 2. The largest absolute Gasteiger partial charge is 0.350 e. The molecule has 0 spiro atoms. The normalized spacial score (nSPS) is 23.9. The summed E-state index contributed by atoms with van der Waals surface area (Å²) in [6.07, 6.45) is 3.26.